The Bertz CT molecular complexity index is 509. The van der Waals surface area contributed by atoms with Gasteiger partial charge < -0.3 is 9.42 Å². The smallest absolute Gasteiger partial charge is 0.231 e. The molecule has 1 amide bonds. The Hall–Kier alpha value is -1.65. The van der Waals surface area contributed by atoms with E-state index in [0.29, 0.717) is 17.6 Å². The largest absolute Gasteiger partial charge is 0.342 e. The van der Waals surface area contributed by atoms with Crippen LogP contribution in [0.4, 0.5) is 0 Å². The van der Waals surface area contributed by atoms with Crippen molar-refractivity contribution in [2.45, 2.75) is 44.9 Å². The molecule has 0 aromatic carbocycles. The summed E-state index contributed by atoms with van der Waals surface area (Å²) in [6.07, 6.45) is 9.24. The van der Waals surface area contributed by atoms with Gasteiger partial charge in [-0.25, -0.2) is 0 Å². The fourth-order valence-electron chi connectivity index (χ4n) is 3.13. The molecule has 0 spiro atoms. The van der Waals surface area contributed by atoms with Gasteiger partial charge in [-0.2, -0.15) is 4.98 Å². The van der Waals surface area contributed by atoms with E-state index < -0.39 is 0 Å². The van der Waals surface area contributed by atoms with Gasteiger partial charge in [-0.05, 0) is 39.0 Å². The first-order valence-electron chi connectivity index (χ1n) is 7.48. The molecule has 1 fully saturated rings. The number of allylic oxidation sites excluding steroid dienone is 2. The minimum Gasteiger partial charge on any atom is -0.342 e. The van der Waals surface area contributed by atoms with E-state index in [-0.39, 0.29) is 11.8 Å². The maximum Gasteiger partial charge on any atom is 0.231 e. The molecule has 2 heterocycles. The van der Waals surface area contributed by atoms with E-state index in [1.165, 1.54) is 0 Å². The van der Waals surface area contributed by atoms with Crippen molar-refractivity contribution >= 4 is 5.91 Å². The first-order valence-corrected chi connectivity index (χ1v) is 7.48. The quantitative estimate of drug-likeness (QED) is 0.778. The Morgan fingerprint density at radius 3 is 3.00 bits per heavy atom. The van der Waals surface area contributed by atoms with Gasteiger partial charge in [0.2, 0.25) is 11.8 Å². The van der Waals surface area contributed by atoms with Gasteiger partial charge in [-0.1, -0.05) is 17.3 Å². The summed E-state index contributed by atoms with van der Waals surface area (Å²) in [5.41, 5.74) is 0. The molecule has 5 heteroatoms. The summed E-state index contributed by atoms with van der Waals surface area (Å²) in [6.45, 7) is 3.41. The second kappa shape index (κ2) is 5.77. The summed E-state index contributed by atoms with van der Waals surface area (Å²) >= 11 is 0. The number of hydrogen-bond acceptors (Lipinski definition) is 4. The van der Waals surface area contributed by atoms with Crippen molar-refractivity contribution in [3.8, 4) is 0 Å². The Kier molecular flexibility index (Phi) is 3.85. The van der Waals surface area contributed by atoms with Crippen molar-refractivity contribution in [3.05, 3.63) is 23.9 Å². The van der Waals surface area contributed by atoms with Crippen LogP contribution in [0.3, 0.4) is 0 Å². The van der Waals surface area contributed by atoms with Gasteiger partial charge in [-0.3, -0.25) is 4.79 Å². The fraction of sp³-hybridized carbons (Fsp3) is 0.667. The van der Waals surface area contributed by atoms with Crippen LogP contribution in [0.1, 0.15) is 49.7 Å². The highest BCUT2D eigenvalue weighted by Crippen LogP contribution is 2.28. The van der Waals surface area contributed by atoms with Gasteiger partial charge in [0, 0.05) is 19.0 Å². The Morgan fingerprint density at radius 1 is 1.40 bits per heavy atom. The first-order chi connectivity index (χ1) is 9.74. The van der Waals surface area contributed by atoms with E-state index >= 15 is 0 Å². The Labute approximate surface area is 119 Å². The summed E-state index contributed by atoms with van der Waals surface area (Å²) in [6, 6.07) is 0. The molecule has 0 bridgehead atoms. The zero-order valence-corrected chi connectivity index (χ0v) is 11.9. The van der Waals surface area contributed by atoms with Crippen molar-refractivity contribution in [3.63, 3.8) is 0 Å². The molecule has 1 aliphatic heterocycles. The van der Waals surface area contributed by atoms with Crippen LogP contribution in [-0.2, 0) is 4.79 Å². The Balaban J connectivity index is 1.65. The predicted octanol–water partition coefficient (Wildman–Crippen LogP) is 2.44. The fourth-order valence-corrected chi connectivity index (χ4v) is 3.13. The zero-order valence-electron chi connectivity index (χ0n) is 11.9. The van der Waals surface area contributed by atoms with Crippen LogP contribution in [0, 0.1) is 12.8 Å². The SMILES string of the molecule is Cc1noc([C@@H]2CCCN(C(=O)[C@H]3CC=CCC3)C2)n1. The molecular weight excluding hydrogens is 254 g/mol. The predicted molar refractivity (Wildman–Crippen MR) is 74.1 cm³/mol. The number of piperidine rings is 1. The standard InChI is InChI=1S/C15H21N3O2/c1-11-16-14(20-17-11)13-8-5-9-18(10-13)15(19)12-6-3-2-4-7-12/h2-3,12-13H,4-10H2,1H3/t12-,13+/m0/s1. The topological polar surface area (TPSA) is 59.2 Å². The van der Waals surface area contributed by atoms with Gasteiger partial charge in [0.25, 0.3) is 0 Å². The molecule has 3 rings (SSSR count). The molecule has 0 saturated carbocycles. The third-order valence-corrected chi connectivity index (χ3v) is 4.24. The van der Waals surface area contributed by atoms with E-state index in [2.05, 4.69) is 22.3 Å². The van der Waals surface area contributed by atoms with Crippen LogP contribution < -0.4 is 0 Å². The molecule has 20 heavy (non-hydrogen) atoms. The molecule has 2 atom stereocenters. The molecule has 2 aliphatic rings. The number of hydrogen-bond donors (Lipinski definition) is 0. The number of aromatic nitrogens is 2. The minimum absolute atomic E-state index is 0.170. The lowest BCUT2D eigenvalue weighted by Gasteiger charge is -2.34. The average Bonchev–Trinajstić information content (AvgIpc) is 2.94. The van der Waals surface area contributed by atoms with Crippen molar-refractivity contribution in [2.24, 2.45) is 5.92 Å². The summed E-state index contributed by atoms with van der Waals surface area (Å²) in [4.78, 5) is 18.9. The van der Waals surface area contributed by atoms with Crippen LogP contribution in [0.15, 0.2) is 16.7 Å². The summed E-state index contributed by atoms with van der Waals surface area (Å²) < 4.78 is 5.27. The van der Waals surface area contributed by atoms with Crippen LogP contribution in [0.2, 0.25) is 0 Å². The van der Waals surface area contributed by atoms with Gasteiger partial charge >= 0.3 is 0 Å². The minimum atomic E-state index is 0.170. The van der Waals surface area contributed by atoms with Crippen LogP contribution in [-0.4, -0.2) is 34.0 Å². The molecule has 0 radical (unpaired) electrons. The second-order valence-electron chi connectivity index (χ2n) is 5.78. The van der Waals surface area contributed by atoms with Crippen LogP contribution >= 0.6 is 0 Å². The van der Waals surface area contributed by atoms with Gasteiger partial charge in [0.1, 0.15) is 0 Å². The van der Waals surface area contributed by atoms with E-state index in [4.69, 9.17) is 4.52 Å². The van der Waals surface area contributed by atoms with E-state index in [1.807, 2.05) is 11.8 Å². The molecule has 1 saturated heterocycles. The number of rotatable bonds is 2. The maximum atomic E-state index is 12.6. The van der Waals surface area contributed by atoms with E-state index in [1.54, 1.807) is 0 Å². The molecular formula is C15H21N3O2. The molecule has 1 aromatic rings. The van der Waals surface area contributed by atoms with Crippen molar-refractivity contribution in [2.75, 3.05) is 13.1 Å². The highest BCUT2D eigenvalue weighted by atomic mass is 16.5. The number of carbonyl (C=O) groups is 1. The maximum absolute atomic E-state index is 12.6. The number of likely N-dealkylation sites (tertiary alicyclic amines) is 1. The van der Waals surface area contributed by atoms with Crippen LogP contribution in [0.5, 0.6) is 0 Å². The van der Waals surface area contributed by atoms with Crippen molar-refractivity contribution in [1.82, 2.24) is 15.0 Å². The van der Waals surface area contributed by atoms with Gasteiger partial charge in [0.05, 0.1) is 5.92 Å². The van der Waals surface area contributed by atoms with Crippen LogP contribution in [0.25, 0.3) is 0 Å². The van der Waals surface area contributed by atoms with Gasteiger partial charge in [-0.15, -0.1) is 0 Å². The zero-order chi connectivity index (χ0) is 13.9. The molecule has 0 unspecified atom stereocenters. The van der Waals surface area contributed by atoms with E-state index in [0.717, 1.165) is 45.2 Å². The van der Waals surface area contributed by atoms with E-state index in [9.17, 15) is 4.79 Å². The second-order valence-corrected chi connectivity index (χ2v) is 5.78. The van der Waals surface area contributed by atoms with Crippen molar-refractivity contribution < 1.29 is 9.32 Å². The normalized spacial score (nSPS) is 26.8. The summed E-state index contributed by atoms with van der Waals surface area (Å²) in [7, 11) is 0. The highest BCUT2D eigenvalue weighted by Gasteiger charge is 2.31. The molecule has 1 aromatic heterocycles. The van der Waals surface area contributed by atoms with Crippen molar-refractivity contribution in [1.29, 1.82) is 0 Å². The molecule has 108 valence electrons. The molecule has 0 N–H and O–H groups in total. The van der Waals surface area contributed by atoms with Gasteiger partial charge in [0.15, 0.2) is 5.82 Å². The number of aryl methyl sites for hydroxylation is 1. The third-order valence-electron chi connectivity index (χ3n) is 4.24. The highest BCUT2D eigenvalue weighted by molar-refractivity contribution is 5.79. The number of amides is 1. The summed E-state index contributed by atoms with van der Waals surface area (Å²) in [5, 5.41) is 3.85. The lowest BCUT2D eigenvalue weighted by atomic mass is 9.91. The third kappa shape index (κ3) is 2.76. The summed E-state index contributed by atoms with van der Waals surface area (Å²) in [5.74, 6) is 2.02. The molecule has 5 nitrogen and oxygen atoms in total. The average molecular weight is 275 g/mol. The monoisotopic (exact) mass is 275 g/mol. The number of nitrogens with zero attached hydrogens (tertiary/aromatic N) is 3. The Morgan fingerprint density at radius 2 is 2.30 bits per heavy atom. The first kappa shape index (κ1) is 13.3. The lowest BCUT2D eigenvalue weighted by Crippen LogP contribution is -2.42. The number of carbonyl (C=O) groups excluding carboxylic acids is 1. The lowest BCUT2D eigenvalue weighted by molar-refractivity contribution is -0.137. The molecule has 1 aliphatic carbocycles.